The van der Waals surface area contributed by atoms with Gasteiger partial charge in [0.15, 0.2) is 21.3 Å². The number of nitrogens with one attached hydrogen (secondary N) is 1. The van der Waals surface area contributed by atoms with Crippen LogP contribution in [-0.4, -0.2) is 85.4 Å². The highest BCUT2D eigenvalue weighted by Gasteiger charge is 2.54. The predicted octanol–water partition coefficient (Wildman–Crippen LogP) is 7.07. The maximum atomic E-state index is 13.1. The molecule has 10 nitrogen and oxygen atoms in total. The van der Waals surface area contributed by atoms with Crippen molar-refractivity contribution in [3.63, 3.8) is 0 Å². The number of benzene rings is 2. The van der Waals surface area contributed by atoms with Gasteiger partial charge in [-0.25, -0.2) is 13.2 Å². The molecule has 0 bridgehead atoms. The summed E-state index contributed by atoms with van der Waals surface area (Å²) in [7, 11) is -2.97. The number of aliphatic carboxylic acids is 1. The third-order valence-electron chi connectivity index (χ3n) is 13.0. The largest absolute Gasteiger partial charge is 0.493 e. The van der Waals surface area contributed by atoms with Gasteiger partial charge in [-0.2, -0.15) is 0 Å². The zero-order valence-corrected chi connectivity index (χ0v) is 32.9. The molecule has 2 N–H and O–H groups in total. The van der Waals surface area contributed by atoms with E-state index in [0.29, 0.717) is 75.2 Å². The molecule has 54 heavy (non-hydrogen) atoms. The smallest absolute Gasteiger partial charge is 0.329 e. The second-order valence-electron chi connectivity index (χ2n) is 16.7. The number of pyridine rings is 1. The molecule has 2 unspecified atom stereocenters. The quantitative estimate of drug-likeness (QED) is 0.221. The molecule has 1 spiro atoms. The number of carboxylic acids is 1. The first-order valence-corrected chi connectivity index (χ1v) is 21.9. The van der Waals surface area contributed by atoms with Crippen LogP contribution in [0.15, 0.2) is 48.7 Å². The lowest BCUT2D eigenvalue weighted by atomic mass is 9.59. The summed E-state index contributed by atoms with van der Waals surface area (Å²) in [4.78, 5) is 19.9. The fourth-order valence-electron chi connectivity index (χ4n) is 10.0. The molecule has 8 rings (SSSR count). The van der Waals surface area contributed by atoms with Crippen LogP contribution < -0.4 is 19.5 Å². The number of nitrogens with zero attached hydrogens (tertiary/aromatic N) is 2. The minimum atomic E-state index is -2.97. The van der Waals surface area contributed by atoms with Crippen LogP contribution in [-0.2, 0) is 32.9 Å². The van der Waals surface area contributed by atoms with Crippen LogP contribution in [0.5, 0.6) is 17.2 Å². The Morgan fingerprint density at radius 1 is 1.13 bits per heavy atom. The number of hydrogen-bond donors (Lipinski definition) is 2. The van der Waals surface area contributed by atoms with E-state index >= 15 is 0 Å². The second-order valence-corrected chi connectivity index (χ2v) is 19.4. The number of aryl methyl sites for hydroxylation is 1. The lowest BCUT2D eigenvalue weighted by Crippen LogP contribution is -2.53. The van der Waals surface area contributed by atoms with Crippen LogP contribution in [0.25, 0.3) is 0 Å². The number of carboxylic acid groups (broad SMARTS) is 1. The minimum absolute atomic E-state index is 0.173. The number of carbonyl (C=O) groups is 1. The number of aromatic nitrogens is 1. The van der Waals surface area contributed by atoms with E-state index < -0.39 is 21.3 Å². The van der Waals surface area contributed by atoms with Crippen molar-refractivity contribution in [2.45, 2.75) is 94.6 Å². The summed E-state index contributed by atoms with van der Waals surface area (Å²) in [6.45, 7) is 7.16. The van der Waals surface area contributed by atoms with Gasteiger partial charge in [0.05, 0.1) is 18.1 Å². The fourth-order valence-corrected chi connectivity index (χ4v) is 11.5. The molecule has 1 aromatic heterocycles. The molecule has 2 aliphatic heterocycles. The SMILES string of the molecule is C[C@@H](COc1ccnc2c1[C@H](C)CCC2)CC1Cc2cc3c(cc2C12CCC(Nc1cccc(Cl)c1)(C(=O)O)CC2)OC(CN1CCS(=O)(=O)CC1)CO3. The lowest BCUT2D eigenvalue weighted by molar-refractivity contribution is -0.144. The topological polar surface area (TPSA) is 127 Å². The zero-order chi connectivity index (χ0) is 37.7. The van der Waals surface area contributed by atoms with Gasteiger partial charge in [0.2, 0.25) is 0 Å². The van der Waals surface area contributed by atoms with Gasteiger partial charge in [-0.15, -0.1) is 0 Å². The first-order valence-electron chi connectivity index (χ1n) is 19.7. The molecule has 3 aliphatic carbocycles. The average molecular weight is 778 g/mol. The van der Waals surface area contributed by atoms with E-state index in [9.17, 15) is 18.3 Å². The molecular weight excluding hydrogens is 726 g/mol. The van der Waals surface area contributed by atoms with Crippen molar-refractivity contribution in [2.24, 2.45) is 11.8 Å². The summed E-state index contributed by atoms with van der Waals surface area (Å²) < 4.78 is 43.6. The van der Waals surface area contributed by atoms with Crippen molar-refractivity contribution >= 4 is 33.1 Å². The molecule has 2 aromatic carbocycles. The van der Waals surface area contributed by atoms with Crippen LogP contribution in [0.4, 0.5) is 5.69 Å². The molecular formula is C42H52ClN3O7S. The molecule has 3 aromatic rings. The van der Waals surface area contributed by atoms with E-state index in [-0.39, 0.29) is 34.9 Å². The Balaban J connectivity index is 1.04. The Morgan fingerprint density at radius 3 is 2.69 bits per heavy atom. The first-order chi connectivity index (χ1) is 25.9. The summed E-state index contributed by atoms with van der Waals surface area (Å²) >= 11 is 6.30. The van der Waals surface area contributed by atoms with Crippen LogP contribution in [0.2, 0.25) is 5.02 Å². The summed E-state index contributed by atoms with van der Waals surface area (Å²) in [6.07, 6.45) is 9.14. The number of halogens is 1. The molecule has 5 aliphatic rings. The Labute approximate surface area is 323 Å². The van der Waals surface area contributed by atoms with Crippen molar-refractivity contribution in [3.05, 3.63) is 76.1 Å². The number of anilines is 1. The van der Waals surface area contributed by atoms with E-state index in [1.54, 1.807) is 12.1 Å². The number of sulfone groups is 1. The lowest BCUT2D eigenvalue weighted by Gasteiger charge is -2.47. The molecule has 0 amide bonds. The van der Waals surface area contributed by atoms with Crippen molar-refractivity contribution < 1.29 is 32.5 Å². The Hall–Kier alpha value is -3.54. The number of rotatable bonds is 10. The molecule has 1 saturated carbocycles. The van der Waals surface area contributed by atoms with Crippen LogP contribution in [0.3, 0.4) is 0 Å². The average Bonchev–Trinajstić information content (AvgIpc) is 3.42. The highest BCUT2D eigenvalue weighted by atomic mass is 35.5. The maximum Gasteiger partial charge on any atom is 0.329 e. The standard InChI is InChI=1S/C42H52ClN3O7S/c1-27(25-51-36-9-14-44-35-8-3-5-28(2)39(35)36)19-30-20-29-21-37-38(53-33(26-52-37)24-46-15-17-54(49,50)18-16-46)23-34(29)41(30)10-12-42(13-11-41,40(47)48)45-32-7-4-6-31(43)22-32/h4,6-7,9,14,21-23,27-28,30,33,45H,3,5,8,10-13,15-20,24-26H2,1-2H3,(H,47,48)/t27-,28-,30?,33?,41?,42?/m1/s1. The van der Waals surface area contributed by atoms with Gasteiger partial charge in [-0.05, 0) is 128 Å². The van der Waals surface area contributed by atoms with Crippen LogP contribution in [0, 0.1) is 11.8 Å². The van der Waals surface area contributed by atoms with E-state index in [2.05, 4.69) is 41.2 Å². The monoisotopic (exact) mass is 777 g/mol. The molecule has 290 valence electrons. The maximum absolute atomic E-state index is 13.1. The summed E-state index contributed by atoms with van der Waals surface area (Å²) in [5, 5.41) is 14.7. The molecule has 3 heterocycles. The predicted molar refractivity (Wildman–Crippen MR) is 209 cm³/mol. The van der Waals surface area contributed by atoms with Gasteiger partial charge in [0.25, 0.3) is 0 Å². The Bertz CT molecular complexity index is 1990. The summed E-state index contributed by atoms with van der Waals surface area (Å²) in [6, 6.07) is 13.6. The van der Waals surface area contributed by atoms with Gasteiger partial charge in [-0.3, -0.25) is 9.88 Å². The van der Waals surface area contributed by atoms with E-state index in [0.717, 1.165) is 49.4 Å². The third-order valence-corrected chi connectivity index (χ3v) is 14.8. The number of fused-ring (bicyclic) bond motifs is 4. The van der Waals surface area contributed by atoms with Gasteiger partial charge in [-0.1, -0.05) is 31.5 Å². The first kappa shape index (κ1) is 37.4. The third kappa shape index (κ3) is 7.40. The molecule has 2 fully saturated rings. The van der Waals surface area contributed by atoms with Crippen LogP contribution >= 0.6 is 11.6 Å². The summed E-state index contributed by atoms with van der Waals surface area (Å²) in [5.41, 5.74) is 4.27. The van der Waals surface area contributed by atoms with E-state index in [1.165, 1.54) is 22.4 Å². The normalized spacial score (nSPS) is 29.2. The molecule has 0 radical (unpaired) electrons. The Kier molecular flexibility index (Phi) is 10.3. The van der Waals surface area contributed by atoms with Gasteiger partial charge >= 0.3 is 5.97 Å². The highest BCUT2D eigenvalue weighted by molar-refractivity contribution is 7.91. The highest BCUT2D eigenvalue weighted by Crippen LogP contribution is 2.58. The van der Waals surface area contributed by atoms with E-state index in [1.807, 2.05) is 24.4 Å². The second kappa shape index (κ2) is 14.8. The van der Waals surface area contributed by atoms with E-state index in [4.69, 9.17) is 25.8 Å². The Morgan fingerprint density at radius 2 is 1.93 bits per heavy atom. The number of hydrogen-bond acceptors (Lipinski definition) is 9. The van der Waals surface area contributed by atoms with Crippen LogP contribution in [0.1, 0.15) is 87.1 Å². The molecule has 12 heteroatoms. The van der Waals surface area contributed by atoms with Gasteiger partial charge < -0.3 is 24.6 Å². The zero-order valence-electron chi connectivity index (χ0n) is 31.3. The number of ether oxygens (including phenoxy) is 3. The van der Waals surface area contributed by atoms with Gasteiger partial charge in [0, 0.05) is 47.8 Å². The van der Waals surface area contributed by atoms with Crippen molar-refractivity contribution in [1.29, 1.82) is 0 Å². The molecule has 1 saturated heterocycles. The van der Waals surface area contributed by atoms with Crippen molar-refractivity contribution in [1.82, 2.24) is 9.88 Å². The fraction of sp³-hybridized carbons (Fsp3) is 0.571. The van der Waals surface area contributed by atoms with Gasteiger partial charge in [0.1, 0.15) is 24.0 Å². The van der Waals surface area contributed by atoms with Crippen molar-refractivity contribution in [3.8, 4) is 17.2 Å². The van der Waals surface area contributed by atoms with Crippen molar-refractivity contribution in [2.75, 3.05) is 49.7 Å². The molecule has 4 atom stereocenters. The minimum Gasteiger partial charge on any atom is -0.493 e. The summed E-state index contributed by atoms with van der Waals surface area (Å²) in [5.74, 6) is 2.90.